The largest absolute Gasteiger partial charge is 0.490 e. The number of halogens is 3. The Bertz CT molecular complexity index is 874. The van der Waals surface area contributed by atoms with Crippen molar-refractivity contribution in [2.45, 2.75) is 31.5 Å². The van der Waals surface area contributed by atoms with Crippen LogP contribution in [0.1, 0.15) is 35.2 Å². The molecule has 0 radical (unpaired) electrons. The van der Waals surface area contributed by atoms with Crippen molar-refractivity contribution in [2.24, 2.45) is 0 Å². The second kappa shape index (κ2) is 12.9. The Morgan fingerprint density at radius 1 is 1.21 bits per heavy atom. The van der Waals surface area contributed by atoms with Gasteiger partial charge < -0.3 is 25.0 Å². The fraction of sp³-hybridized carbons (Fsp3) is 0.545. The zero-order valence-corrected chi connectivity index (χ0v) is 18.5. The number of piperazine rings is 1. The van der Waals surface area contributed by atoms with E-state index in [9.17, 15) is 22.8 Å². The number of nitrogens with zero attached hydrogens (tertiary/aromatic N) is 3. The molecule has 1 aromatic carbocycles. The summed E-state index contributed by atoms with van der Waals surface area (Å²) in [6.07, 6.45) is -2.80. The SMILES string of the molecule is N#Cc1ccc(C(=O)N(CCC(=O)N2CCNCC2)CC2CCCO2)cc1.O=C(O)C(F)(F)F. The molecule has 3 rings (SSSR count). The van der Waals surface area contributed by atoms with Crippen LogP contribution in [-0.4, -0.2) is 90.8 Å². The fourth-order valence-electron chi connectivity index (χ4n) is 3.48. The minimum Gasteiger partial charge on any atom is -0.475 e. The number of carboxylic acid groups (broad SMARTS) is 1. The van der Waals surface area contributed by atoms with Gasteiger partial charge in [0.1, 0.15) is 0 Å². The first-order chi connectivity index (χ1) is 16.1. The van der Waals surface area contributed by atoms with Crippen LogP contribution in [0.3, 0.4) is 0 Å². The van der Waals surface area contributed by atoms with E-state index in [0.717, 1.165) is 32.5 Å². The number of carbonyl (C=O) groups excluding carboxylic acids is 2. The van der Waals surface area contributed by atoms with Gasteiger partial charge in [0, 0.05) is 57.9 Å². The number of carbonyl (C=O) groups is 3. The molecule has 0 bridgehead atoms. The van der Waals surface area contributed by atoms with Gasteiger partial charge in [0.05, 0.1) is 17.7 Å². The lowest BCUT2D eigenvalue weighted by atomic mass is 10.1. The Kier molecular flexibility index (Phi) is 10.3. The molecule has 2 saturated heterocycles. The Labute approximate surface area is 195 Å². The molecule has 2 aliphatic heterocycles. The van der Waals surface area contributed by atoms with Crippen molar-refractivity contribution in [2.75, 3.05) is 45.9 Å². The van der Waals surface area contributed by atoms with Crippen molar-refractivity contribution < 1.29 is 37.4 Å². The fourth-order valence-corrected chi connectivity index (χ4v) is 3.48. The lowest BCUT2D eigenvalue weighted by molar-refractivity contribution is -0.192. The van der Waals surface area contributed by atoms with Crippen molar-refractivity contribution in [3.63, 3.8) is 0 Å². The van der Waals surface area contributed by atoms with Gasteiger partial charge in [-0.2, -0.15) is 18.4 Å². The molecule has 0 spiro atoms. The number of hydrogen-bond donors (Lipinski definition) is 2. The highest BCUT2D eigenvalue weighted by molar-refractivity contribution is 5.94. The van der Waals surface area contributed by atoms with Crippen LogP contribution < -0.4 is 5.32 Å². The first-order valence-electron chi connectivity index (χ1n) is 10.8. The summed E-state index contributed by atoms with van der Waals surface area (Å²) in [5.74, 6) is -2.79. The molecule has 2 amide bonds. The molecule has 0 aromatic heterocycles. The normalized spacial score (nSPS) is 17.8. The molecule has 1 atom stereocenters. The van der Waals surface area contributed by atoms with Gasteiger partial charge in [-0.05, 0) is 37.1 Å². The van der Waals surface area contributed by atoms with E-state index in [4.69, 9.17) is 19.9 Å². The van der Waals surface area contributed by atoms with Gasteiger partial charge in [0.2, 0.25) is 5.91 Å². The minimum absolute atomic E-state index is 0.0293. The Morgan fingerprint density at radius 3 is 2.32 bits per heavy atom. The van der Waals surface area contributed by atoms with Gasteiger partial charge in [0.15, 0.2) is 0 Å². The molecule has 12 heteroatoms. The monoisotopic (exact) mass is 484 g/mol. The van der Waals surface area contributed by atoms with Crippen LogP contribution in [-0.2, 0) is 14.3 Å². The maximum absolute atomic E-state index is 13.0. The Balaban J connectivity index is 0.000000509. The van der Waals surface area contributed by atoms with Gasteiger partial charge in [0.25, 0.3) is 5.91 Å². The van der Waals surface area contributed by atoms with Crippen LogP contribution in [0.15, 0.2) is 24.3 Å². The van der Waals surface area contributed by atoms with Crippen molar-refractivity contribution >= 4 is 17.8 Å². The standard InChI is InChI=1S/C20H26N4O3.C2HF3O2/c21-14-16-3-5-17(6-4-16)20(26)24(15-18-2-1-13-27-18)10-7-19(25)23-11-8-22-9-12-23;3-2(4,5)1(6)7/h3-6,18,22H,1-2,7-13,15H2;(H,6,7). The smallest absolute Gasteiger partial charge is 0.475 e. The molecule has 9 nitrogen and oxygen atoms in total. The van der Waals surface area contributed by atoms with Gasteiger partial charge in [-0.15, -0.1) is 0 Å². The highest BCUT2D eigenvalue weighted by atomic mass is 19.4. The topological polar surface area (TPSA) is 123 Å². The average molecular weight is 484 g/mol. The minimum atomic E-state index is -5.08. The van der Waals surface area contributed by atoms with Crippen LogP contribution >= 0.6 is 0 Å². The van der Waals surface area contributed by atoms with Gasteiger partial charge in [-0.25, -0.2) is 4.79 Å². The third-order valence-electron chi connectivity index (χ3n) is 5.30. The zero-order valence-electron chi connectivity index (χ0n) is 18.5. The van der Waals surface area contributed by atoms with Gasteiger partial charge in [-0.3, -0.25) is 9.59 Å². The zero-order chi connectivity index (χ0) is 25.1. The molecule has 1 aromatic rings. The van der Waals surface area contributed by atoms with Crippen molar-refractivity contribution in [3.05, 3.63) is 35.4 Å². The molecule has 186 valence electrons. The summed E-state index contributed by atoms with van der Waals surface area (Å²) in [6.45, 7) is 4.66. The summed E-state index contributed by atoms with van der Waals surface area (Å²) in [5, 5.41) is 19.3. The summed E-state index contributed by atoms with van der Waals surface area (Å²) in [5.41, 5.74) is 1.05. The molecular formula is C22H27F3N4O5. The first kappa shape index (κ1) is 27.1. The molecule has 2 fully saturated rings. The van der Waals surface area contributed by atoms with Crippen molar-refractivity contribution in [1.29, 1.82) is 5.26 Å². The number of nitrogens with one attached hydrogen (secondary N) is 1. The molecule has 0 saturated carbocycles. The van der Waals surface area contributed by atoms with Gasteiger partial charge in [-0.1, -0.05) is 0 Å². The quantitative estimate of drug-likeness (QED) is 0.629. The molecule has 1 unspecified atom stereocenters. The van der Waals surface area contributed by atoms with E-state index in [1.54, 1.807) is 29.2 Å². The third kappa shape index (κ3) is 8.64. The van der Waals surface area contributed by atoms with Crippen LogP contribution in [0, 0.1) is 11.3 Å². The lowest BCUT2D eigenvalue weighted by Gasteiger charge is -2.30. The summed E-state index contributed by atoms with van der Waals surface area (Å²) < 4.78 is 37.4. The third-order valence-corrected chi connectivity index (χ3v) is 5.30. The van der Waals surface area contributed by atoms with Gasteiger partial charge >= 0.3 is 12.1 Å². The maximum Gasteiger partial charge on any atom is 0.490 e. The molecule has 0 aliphatic carbocycles. The van der Waals surface area contributed by atoms with E-state index >= 15 is 0 Å². The maximum atomic E-state index is 13.0. The number of rotatable bonds is 6. The van der Waals surface area contributed by atoms with E-state index < -0.39 is 12.1 Å². The number of carboxylic acids is 1. The predicted octanol–water partition coefficient (Wildman–Crippen LogP) is 1.63. The number of hydrogen-bond acceptors (Lipinski definition) is 6. The number of ether oxygens (including phenoxy) is 1. The Hall–Kier alpha value is -3.17. The number of nitriles is 1. The van der Waals surface area contributed by atoms with Crippen LogP contribution in [0.25, 0.3) is 0 Å². The average Bonchev–Trinajstić information content (AvgIpc) is 3.34. The van der Waals surface area contributed by atoms with E-state index in [0.29, 0.717) is 43.7 Å². The second-order valence-corrected chi connectivity index (χ2v) is 7.76. The first-order valence-corrected chi connectivity index (χ1v) is 10.8. The molecule has 2 aliphatic rings. The lowest BCUT2D eigenvalue weighted by Crippen LogP contribution is -2.47. The van der Waals surface area contributed by atoms with Crippen LogP contribution in [0.4, 0.5) is 13.2 Å². The molecule has 2 N–H and O–H groups in total. The van der Waals surface area contributed by atoms with E-state index in [1.807, 2.05) is 4.90 Å². The second-order valence-electron chi connectivity index (χ2n) is 7.76. The molecule has 34 heavy (non-hydrogen) atoms. The summed E-state index contributed by atoms with van der Waals surface area (Å²) >= 11 is 0. The summed E-state index contributed by atoms with van der Waals surface area (Å²) in [6, 6.07) is 8.68. The van der Waals surface area contributed by atoms with E-state index in [1.165, 1.54) is 0 Å². The summed E-state index contributed by atoms with van der Waals surface area (Å²) in [4.78, 5) is 37.9. The van der Waals surface area contributed by atoms with E-state index in [-0.39, 0.29) is 17.9 Å². The summed E-state index contributed by atoms with van der Waals surface area (Å²) in [7, 11) is 0. The van der Waals surface area contributed by atoms with E-state index in [2.05, 4.69) is 11.4 Å². The Morgan fingerprint density at radius 2 is 1.82 bits per heavy atom. The van der Waals surface area contributed by atoms with Crippen molar-refractivity contribution in [3.8, 4) is 6.07 Å². The highest BCUT2D eigenvalue weighted by Crippen LogP contribution is 2.16. The number of amides is 2. The van der Waals surface area contributed by atoms with Crippen molar-refractivity contribution in [1.82, 2.24) is 15.1 Å². The predicted molar refractivity (Wildman–Crippen MR) is 114 cm³/mol. The van der Waals surface area contributed by atoms with Crippen LogP contribution in [0.5, 0.6) is 0 Å². The molecule has 2 heterocycles. The van der Waals surface area contributed by atoms with Crippen LogP contribution in [0.2, 0.25) is 0 Å². The number of alkyl halides is 3. The molecular weight excluding hydrogens is 457 g/mol. The highest BCUT2D eigenvalue weighted by Gasteiger charge is 2.38. The number of benzene rings is 1. The number of aliphatic carboxylic acids is 1.